The Labute approximate surface area is 185 Å². The van der Waals surface area contributed by atoms with Gasteiger partial charge in [0.2, 0.25) is 5.91 Å². The number of fused-ring (bicyclic) bond motifs is 1. The molecule has 0 saturated heterocycles. The van der Waals surface area contributed by atoms with Crippen LogP contribution in [0.15, 0.2) is 4.79 Å². The molecule has 11 heteroatoms. The maximum absolute atomic E-state index is 12.5. The third-order valence-electron chi connectivity index (χ3n) is 4.41. The Morgan fingerprint density at radius 2 is 1.97 bits per heavy atom. The highest BCUT2D eigenvalue weighted by Gasteiger charge is 2.20. The second-order valence-corrected chi connectivity index (χ2v) is 10.1. The van der Waals surface area contributed by atoms with E-state index in [0.29, 0.717) is 37.5 Å². The van der Waals surface area contributed by atoms with Gasteiger partial charge in [-0.1, -0.05) is 11.3 Å². The van der Waals surface area contributed by atoms with E-state index in [4.69, 9.17) is 4.74 Å². The van der Waals surface area contributed by atoms with Crippen molar-refractivity contribution in [1.29, 1.82) is 0 Å². The van der Waals surface area contributed by atoms with Crippen LogP contribution in [0, 0.1) is 20.8 Å². The second kappa shape index (κ2) is 9.27. The highest BCUT2D eigenvalue weighted by molar-refractivity contribution is 7.99. The van der Waals surface area contributed by atoms with Gasteiger partial charge in [0.1, 0.15) is 15.5 Å². The maximum atomic E-state index is 12.5. The molecule has 0 bridgehead atoms. The van der Waals surface area contributed by atoms with Crippen LogP contribution in [0.5, 0.6) is 0 Å². The lowest BCUT2D eigenvalue weighted by atomic mass is 10.2. The van der Waals surface area contributed by atoms with Gasteiger partial charge in [-0.15, -0.1) is 23.1 Å². The maximum Gasteiger partial charge on any atom is 0.350 e. The van der Waals surface area contributed by atoms with E-state index in [1.165, 1.54) is 23.1 Å². The summed E-state index contributed by atoms with van der Waals surface area (Å²) in [5, 5.41) is 3.31. The molecule has 0 aliphatic rings. The summed E-state index contributed by atoms with van der Waals surface area (Å²) in [5.41, 5.74) is 1.32. The van der Waals surface area contributed by atoms with Gasteiger partial charge in [0.05, 0.1) is 28.7 Å². The summed E-state index contributed by atoms with van der Waals surface area (Å²) in [6.45, 7) is 9.36. The van der Waals surface area contributed by atoms with E-state index in [1.54, 1.807) is 20.8 Å². The zero-order chi connectivity index (χ0) is 22.0. The van der Waals surface area contributed by atoms with Crippen LogP contribution in [0.3, 0.4) is 0 Å². The normalized spacial score (nSPS) is 12.2. The van der Waals surface area contributed by atoms with Gasteiger partial charge in [-0.3, -0.25) is 9.59 Å². The molecule has 2 N–H and O–H groups in total. The molecule has 1 atom stereocenters. The topological polar surface area (TPSA) is 114 Å². The van der Waals surface area contributed by atoms with E-state index in [0.717, 1.165) is 21.8 Å². The summed E-state index contributed by atoms with van der Waals surface area (Å²) in [7, 11) is 0. The average molecular weight is 467 g/mol. The Kier molecular flexibility index (Phi) is 6.94. The number of ether oxygens (including phenoxy) is 1. The van der Waals surface area contributed by atoms with Crippen molar-refractivity contribution in [2.75, 3.05) is 11.9 Å². The van der Waals surface area contributed by atoms with E-state index in [2.05, 4.69) is 20.3 Å². The molecule has 0 unspecified atom stereocenters. The monoisotopic (exact) mass is 466 g/mol. The predicted molar refractivity (Wildman–Crippen MR) is 122 cm³/mol. The Morgan fingerprint density at radius 3 is 2.67 bits per heavy atom. The van der Waals surface area contributed by atoms with Gasteiger partial charge in [-0.2, -0.15) is 0 Å². The minimum Gasteiger partial charge on any atom is -0.462 e. The number of thiazole rings is 1. The van der Waals surface area contributed by atoms with Crippen LogP contribution in [0.2, 0.25) is 0 Å². The van der Waals surface area contributed by atoms with Gasteiger partial charge < -0.3 is 15.0 Å². The number of hydrogen-bond acceptors (Lipinski definition) is 9. The van der Waals surface area contributed by atoms with Crippen LogP contribution in [0.1, 0.15) is 45.5 Å². The fourth-order valence-corrected chi connectivity index (χ4v) is 5.36. The number of thioether (sulfide) groups is 1. The van der Waals surface area contributed by atoms with Crippen LogP contribution < -0.4 is 10.9 Å². The Bertz CT molecular complexity index is 1160. The van der Waals surface area contributed by atoms with Gasteiger partial charge in [-0.05, 0) is 40.2 Å². The first-order valence-corrected chi connectivity index (χ1v) is 11.9. The van der Waals surface area contributed by atoms with Crippen molar-refractivity contribution < 1.29 is 14.3 Å². The number of anilines is 1. The average Bonchev–Trinajstić information content (AvgIpc) is 3.19. The first-order chi connectivity index (χ1) is 14.2. The molecule has 0 spiro atoms. The number of H-pyrrole nitrogens is 1. The summed E-state index contributed by atoms with van der Waals surface area (Å²) in [5.74, 6) is 0.240. The number of aryl methyl sites for hydroxylation is 3. The van der Waals surface area contributed by atoms with Crippen LogP contribution in [-0.4, -0.2) is 38.7 Å². The third kappa shape index (κ3) is 4.73. The molecule has 8 nitrogen and oxygen atoms in total. The van der Waals surface area contributed by atoms with Gasteiger partial charge in [0.15, 0.2) is 5.13 Å². The standard InChI is InChI=1S/C19H22N4O4S3/c1-6-27-18(26)14-9(3)20-19(30-14)23-15(24)11(5)28-7-12-21-16(25)13-8(2)10(4)29-17(13)22-12/h11H,6-7H2,1-5H3,(H,20,23,24)(H,21,22,25)/t11-/m0/s1. The molecule has 0 aromatic carbocycles. The Hall–Kier alpha value is -2.24. The highest BCUT2D eigenvalue weighted by Crippen LogP contribution is 2.27. The zero-order valence-electron chi connectivity index (χ0n) is 17.2. The van der Waals surface area contributed by atoms with Crippen molar-refractivity contribution in [2.24, 2.45) is 0 Å². The second-order valence-electron chi connectivity index (χ2n) is 6.57. The fourth-order valence-electron chi connectivity index (χ4n) is 2.69. The van der Waals surface area contributed by atoms with Crippen LogP contribution in [-0.2, 0) is 15.3 Å². The number of rotatable bonds is 7. The van der Waals surface area contributed by atoms with E-state index < -0.39 is 11.2 Å². The first-order valence-electron chi connectivity index (χ1n) is 9.27. The fraction of sp³-hybridized carbons (Fsp3) is 0.421. The third-order valence-corrected chi connectivity index (χ3v) is 7.72. The number of hydrogen-bond donors (Lipinski definition) is 2. The number of nitrogens with one attached hydrogen (secondary N) is 2. The summed E-state index contributed by atoms with van der Waals surface area (Å²) in [4.78, 5) is 50.5. The van der Waals surface area contributed by atoms with E-state index in [-0.39, 0.29) is 18.1 Å². The molecule has 3 aromatic heterocycles. The van der Waals surface area contributed by atoms with Gasteiger partial charge in [0.25, 0.3) is 5.56 Å². The van der Waals surface area contributed by atoms with Crippen molar-refractivity contribution >= 4 is 61.7 Å². The lowest BCUT2D eigenvalue weighted by molar-refractivity contribution is -0.115. The molecule has 0 radical (unpaired) electrons. The van der Waals surface area contributed by atoms with Crippen molar-refractivity contribution in [1.82, 2.24) is 15.0 Å². The molecule has 160 valence electrons. The van der Waals surface area contributed by atoms with Gasteiger partial charge >= 0.3 is 5.97 Å². The highest BCUT2D eigenvalue weighted by atomic mass is 32.2. The Morgan fingerprint density at radius 1 is 1.23 bits per heavy atom. The molecule has 0 fully saturated rings. The van der Waals surface area contributed by atoms with E-state index >= 15 is 0 Å². The largest absolute Gasteiger partial charge is 0.462 e. The summed E-state index contributed by atoms with van der Waals surface area (Å²) in [6, 6.07) is 0. The number of nitrogens with zero attached hydrogens (tertiary/aromatic N) is 2. The van der Waals surface area contributed by atoms with Gasteiger partial charge in [0, 0.05) is 4.88 Å². The van der Waals surface area contributed by atoms with Gasteiger partial charge in [-0.25, -0.2) is 14.8 Å². The molecule has 30 heavy (non-hydrogen) atoms. The van der Waals surface area contributed by atoms with Crippen molar-refractivity contribution in [3.8, 4) is 0 Å². The minimum absolute atomic E-state index is 0.153. The number of thiophene rings is 1. The summed E-state index contributed by atoms with van der Waals surface area (Å²) in [6.07, 6.45) is 0. The van der Waals surface area contributed by atoms with Crippen molar-refractivity contribution in [2.45, 2.75) is 45.6 Å². The number of aromatic nitrogens is 3. The van der Waals surface area contributed by atoms with E-state index in [1.807, 2.05) is 13.8 Å². The molecule has 0 aliphatic carbocycles. The molecular formula is C19H22N4O4S3. The molecule has 0 saturated carbocycles. The molecule has 3 aromatic rings. The summed E-state index contributed by atoms with van der Waals surface area (Å²) >= 11 is 3.94. The number of carbonyl (C=O) groups is 2. The minimum atomic E-state index is -0.445. The SMILES string of the molecule is CCOC(=O)c1sc(NC(=O)[C@H](C)SCc2nc3sc(C)c(C)c3c(=O)[nH]2)nc1C. The number of esters is 1. The molecule has 0 aliphatic heterocycles. The molecular weight excluding hydrogens is 444 g/mol. The molecule has 3 rings (SSSR count). The first kappa shape index (κ1) is 22.4. The lowest BCUT2D eigenvalue weighted by Gasteiger charge is -2.10. The Balaban J connectivity index is 1.64. The number of amides is 1. The van der Waals surface area contributed by atoms with Crippen LogP contribution in [0.4, 0.5) is 5.13 Å². The number of carbonyl (C=O) groups excluding carboxylic acids is 2. The van der Waals surface area contributed by atoms with Crippen LogP contribution >= 0.6 is 34.4 Å². The van der Waals surface area contributed by atoms with Crippen LogP contribution in [0.25, 0.3) is 10.2 Å². The quantitative estimate of drug-likeness (QED) is 0.509. The van der Waals surface area contributed by atoms with Crippen molar-refractivity contribution in [3.05, 3.63) is 37.2 Å². The molecule has 1 amide bonds. The van der Waals surface area contributed by atoms with Crippen molar-refractivity contribution in [3.63, 3.8) is 0 Å². The molecule has 3 heterocycles. The smallest absolute Gasteiger partial charge is 0.350 e. The summed E-state index contributed by atoms with van der Waals surface area (Å²) < 4.78 is 4.99. The predicted octanol–water partition coefficient (Wildman–Crippen LogP) is 3.80. The zero-order valence-corrected chi connectivity index (χ0v) is 19.7. The number of aromatic amines is 1. The van der Waals surface area contributed by atoms with E-state index in [9.17, 15) is 14.4 Å². The lowest BCUT2D eigenvalue weighted by Crippen LogP contribution is -2.23.